The first-order chi connectivity index (χ1) is 8.99. The van der Waals surface area contributed by atoms with Gasteiger partial charge >= 0.3 is 17.9 Å². The van der Waals surface area contributed by atoms with Crippen LogP contribution >= 0.6 is 0 Å². The summed E-state index contributed by atoms with van der Waals surface area (Å²) in [7, 11) is 0. The van der Waals surface area contributed by atoms with Crippen molar-refractivity contribution in [2.24, 2.45) is 0 Å². The number of hydrogen-bond acceptors (Lipinski definition) is 5. The van der Waals surface area contributed by atoms with Crippen LogP contribution in [0.1, 0.15) is 18.9 Å². The summed E-state index contributed by atoms with van der Waals surface area (Å²) >= 11 is 0. The third kappa shape index (κ3) is 5.67. The maximum atomic E-state index is 11.4. The average molecular weight is 266 g/mol. The predicted octanol–water partition coefficient (Wildman–Crippen LogP) is 1.14. The van der Waals surface area contributed by atoms with E-state index in [0.717, 1.165) is 12.5 Å². The minimum Gasteiger partial charge on any atom is -0.478 e. The first-order valence-electron chi connectivity index (χ1n) is 5.58. The van der Waals surface area contributed by atoms with Crippen LogP contribution in [0.4, 0.5) is 0 Å². The molecule has 0 saturated heterocycles. The second kappa shape index (κ2) is 7.15. The van der Waals surface area contributed by atoms with E-state index in [1.807, 2.05) is 6.07 Å². The minimum atomic E-state index is -1.51. The van der Waals surface area contributed by atoms with E-state index in [1.54, 1.807) is 24.3 Å². The second-order valence-electron chi connectivity index (χ2n) is 3.79. The number of carbonyl (C=O) groups is 3. The molecule has 19 heavy (non-hydrogen) atoms. The Morgan fingerprint density at radius 3 is 2.37 bits per heavy atom. The largest absolute Gasteiger partial charge is 0.478 e. The Hall–Kier alpha value is -2.37. The van der Waals surface area contributed by atoms with Gasteiger partial charge in [-0.25, -0.2) is 4.79 Å². The summed E-state index contributed by atoms with van der Waals surface area (Å²) in [6.07, 6.45) is -2.03. The number of esters is 2. The van der Waals surface area contributed by atoms with Crippen molar-refractivity contribution in [3.63, 3.8) is 0 Å². The molecule has 1 atom stereocenters. The molecule has 0 saturated carbocycles. The van der Waals surface area contributed by atoms with E-state index in [-0.39, 0.29) is 6.61 Å². The van der Waals surface area contributed by atoms with Crippen LogP contribution in [-0.2, 0) is 30.5 Å². The maximum absolute atomic E-state index is 11.4. The molecular formula is C13H14O6. The molecule has 0 aliphatic rings. The van der Waals surface area contributed by atoms with Crippen molar-refractivity contribution < 1.29 is 29.0 Å². The van der Waals surface area contributed by atoms with Gasteiger partial charge in [0, 0.05) is 6.92 Å². The monoisotopic (exact) mass is 266 g/mol. The number of benzene rings is 1. The lowest BCUT2D eigenvalue weighted by Crippen LogP contribution is -2.29. The highest BCUT2D eigenvalue weighted by Gasteiger charge is 2.25. The van der Waals surface area contributed by atoms with E-state index in [1.165, 1.54) is 0 Å². The number of carbonyl (C=O) groups excluding carboxylic acids is 2. The molecule has 0 aliphatic carbocycles. The normalized spacial score (nSPS) is 11.4. The summed E-state index contributed by atoms with van der Waals surface area (Å²) in [4.78, 5) is 32.9. The fourth-order valence-corrected chi connectivity index (χ4v) is 1.33. The fourth-order valence-electron chi connectivity index (χ4n) is 1.33. The third-order valence-corrected chi connectivity index (χ3v) is 2.18. The van der Waals surface area contributed by atoms with Gasteiger partial charge in [0.15, 0.2) is 0 Å². The lowest BCUT2D eigenvalue weighted by atomic mass is 10.2. The number of aliphatic carboxylic acids is 1. The highest BCUT2D eigenvalue weighted by atomic mass is 16.6. The van der Waals surface area contributed by atoms with Crippen molar-refractivity contribution in [3.05, 3.63) is 35.9 Å². The van der Waals surface area contributed by atoms with Gasteiger partial charge in [0.25, 0.3) is 0 Å². The van der Waals surface area contributed by atoms with Gasteiger partial charge in [-0.3, -0.25) is 9.59 Å². The Morgan fingerprint density at radius 2 is 1.84 bits per heavy atom. The SMILES string of the molecule is CC(=O)O[C@@H](CC(=O)OCc1ccccc1)C(=O)O. The molecule has 0 bridgehead atoms. The molecule has 0 fully saturated rings. The Kier molecular flexibility index (Phi) is 5.53. The zero-order valence-corrected chi connectivity index (χ0v) is 10.4. The van der Waals surface area contributed by atoms with E-state index >= 15 is 0 Å². The van der Waals surface area contributed by atoms with Crippen molar-refractivity contribution >= 4 is 17.9 Å². The maximum Gasteiger partial charge on any atom is 0.345 e. The minimum absolute atomic E-state index is 0.0477. The Morgan fingerprint density at radius 1 is 1.21 bits per heavy atom. The molecular weight excluding hydrogens is 252 g/mol. The highest BCUT2D eigenvalue weighted by molar-refractivity contribution is 5.82. The van der Waals surface area contributed by atoms with Gasteiger partial charge < -0.3 is 14.6 Å². The molecule has 1 aromatic carbocycles. The van der Waals surface area contributed by atoms with Gasteiger partial charge in [-0.2, -0.15) is 0 Å². The average Bonchev–Trinajstić information content (AvgIpc) is 2.36. The Balaban J connectivity index is 2.45. The summed E-state index contributed by atoms with van der Waals surface area (Å²) in [5.74, 6) is -2.88. The van der Waals surface area contributed by atoms with Crippen molar-refractivity contribution in [1.82, 2.24) is 0 Å². The zero-order valence-electron chi connectivity index (χ0n) is 10.4. The van der Waals surface area contributed by atoms with Crippen LogP contribution in [0, 0.1) is 0 Å². The molecule has 0 amide bonds. The number of ether oxygens (including phenoxy) is 2. The predicted molar refractivity (Wildman–Crippen MR) is 64.0 cm³/mol. The topological polar surface area (TPSA) is 89.9 Å². The highest BCUT2D eigenvalue weighted by Crippen LogP contribution is 2.05. The van der Waals surface area contributed by atoms with Crippen molar-refractivity contribution in [2.45, 2.75) is 26.1 Å². The number of rotatable bonds is 6. The second-order valence-corrected chi connectivity index (χ2v) is 3.79. The van der Waals surface area contributed by atoms with Crippen LogP contribution < -0.4 is 0 Å². The van der Waals surface area contributed by atoms with E-state index in [4.69, 9.17) is 9.84 Å². The van der Waals surface area contributed by atoms with Crippen LogP contribution in [0.2, 0.25) is 0 Å². The Bertz CT molecular complexity index is 453. The zero-order chi connectivity index (χ0) is 14.3. The first-order valence-corrected chi connectivity index (χ1v) is 5.58. The lowest BCUT2D eigenvalue weighted by Gasteiger charge is -2.11. The molecule has 1 aromatic rings. The first kappa shape index (κ1) is 14.7. The summed E-state index contributed by atoms with van der Waals surface area (Å²) in [6.45, 7) is 1.12. The van der Waals surface area contributed by atoms with Gasteiger partial charge in [-0.1, -0.05) is 30.3 Å². The molecule has 0 aromatic heterocycles. The van der Waals surface area contributed by atoms with Gasteiger partial charge in [0.1, 0.15) is 6.61 Å². The van der Waals surface area contributed by atoms with E-state index in [9.17, 15) is 14.4 Å². The summed E-state index contributed by atoms with van der Waals surface area (Å²) in [6, 6.07) is 8.96. The lowest BCUT2D eigenvalue weighted by molar-refractivity contribution is -0.167. The van der Waals surface area contributed by atoms with Gasteiger partial charge in [0.2, 0.25) is 6.10 Å². The van der Waals surface area contributed by atoms with Gasteiger partial charge in [0.05, 0.1) is 6.42 Å². The molecule has 1 rings (SSSR count). The molecule has 0 radical (unpaired) electrons. The number of hydrogen-bond donors (Lipinski definition) is 1. The standard InChI is InChI=1S/C13H14O6/c1-9(14)19-11(13(16)17)7-12(15)18-8-10-5-3-2-4-6-10/h2-6,11H,7-8H2,1H3,(H,16,17)/t11-/m0/s1. The fraction of sp³-hybridized carbons (Fsp3) is 0.308. The van der Waals surface area contributed by atoms with Crippen molar-refractivity contribution in [2.75, 3.05) is 0 Å². The third-order valence-electron chi connectivity index (χ3n) is 2.18. The van der Waals surface area contributed by atoms with Crippen molar-refractivity contribution in [3.8, 4) is 0 Å². The van der Waals surface area contributed by atoms with Gasteiger partial charge in [-0.05, 0) is 5.56 Å². The molecule has 0 unspecified atom stereocenters. The molecule has 6 nitrogen and oxygen atoms in total. The van der Waals surface area contributed by atoms with Crippen molar-refractivity contribution in [1.29, 1.82) is 0 Å². The summed E-state index contributed by atoms with van der Waals surface area (Å²) < 4.78 is 9.39. The quantitative estimate of drug-likeness (QED) is 0.776. The summed E-state index contributed by atoms with van der Waals surface area (Å²) in [5.41, 5.74) is 0.787. The molecule has 0 spiro atoms. The Labute approximate surface area is 109 Å². The summed E-state index contributed by atoms with van der Waals surface area (Å²) in [5, 5.41) is 8.77. The van der Waals surface area contributed by atoms with E-state index in [2.05, 4.69) is 4.74 Å². The molecule has 1 N–H and O–H groups in total. The van der Waals surface area contributed by atoms with Crippen LogP contribution in [-0.4, -0.2) is 29.1 Å². The number of carboxylic acid groups (broad SMARTS) is 1. The molecule has 0 heterocycles. The molecule has 6 heteroatoms. The number of carboxylic acids is 1. The smallest absolute Gasteiger partial charge is 0.345 e. The molecule has 0 aliphatic heterocycles. The van der Waals surface area contributed by atoms with Crippen LogP contribution in [0.15, 0.2) is 30.3 Å². The van der Waals surface area contributed by atoms with E-state index in [0.29, 0.717) is 0 Å². The van der Waals surface area contributed by atoms with E-state index < -0.39 is 30.4 Å². The van der Waals surface area contributed by atoms with Crippen LogP contribution in [0.5, 0.6) is 0 Å². The van der Waals surface area contributed by atoms with Crippen LogP contribution in [0.3, 0.4) is 0 Å². The molecule has 102 valence electrons. The van der Waals surface area contributed by atoms with Gasteiger partial charge in [-0.15, -0.1) is 0 Å². The van der Waals surface area contributed by atoms with Crippen LogP contribution in [0.25, 0.3) is 0 Å².